The van der Waals surface area contributed by atoms with Crippen LogP contribution in [-0.4, -0.2) is 137 Å². The zero-order chi connectivity index (χ0) is 60.8. The average molecular weight is 1180 g/mol. The van der Waals surface area contributed by atoms with Gasteiger partial charge in [0.25, 0.3) is 5.91 Å². The van der Waals surface area contributed by atoms with Gasteiger partial charge in [0.1, 0.15) is 17.3 Å². The Hall–Kier alpha value is -6.13. The summed E-state index contributed by atoms with van der Waals surface area (Å²) in [6.45, 7) is 15.2. The van der Waals surface area contributed by atoms with Crippen LogP contribution in [0.3, 0.4) is 0 Å². The molecule has 5 aromatic rings. The molecule has 17 heteroatoms. The number of hydrogen-bond acceptors (Lipinski definition) is 11. The molecule has 0 fully saturated rings. The van der Waals surface area contributed by atoms with Crippen LogP contribution >= 0.6 is 7.82 Å². The summed E-state index contributed by atoms with van der Waals surface area (Å²) < 4.78 is 23.1. The van der Waals surface area contributed by atoms with Gasteiger partial charge in [0.05, 0.1) is 25.2 Å². The van der Waals surface area contributed by atoms with Crippen molar-refractivity contribution in [2.75, 3.05) is 73.6 Å². The highest BCUT2D eigenvalue weighted by Gasteiger charge is 2.30. The van der Waals surface area contributed by atoms with Gasteiger partial charge in [-0.25, -0.2) is 4.57 Å². The number of ketones is 1. The largest absolute Gasteiger partial charge is 0.508 e. The maximum atomic E-state index is 14.1. The number of methoxy groups -OCH3 is 1. The molecule has 2 heterocycles. The molecule has 84 heavy (non-hydrogen) atoms. The summed E-state index contributed by atoms with van der Waals surface area (Å²) in [7, 11) is 1.19. The third kappa shape index (κ3) is 20.8. The molecule has 16 nitrogen and oxygen atoms in total. The number of benzene rings is 4. The Morgan fingerprint density at radius 3 is 2.14 bits per heavy atom. The maximum Gasteiger partial charge on any atom is 0.469 e. The maximum absolute atomic E-state index is 14.1. The molecule has 1 aliphatic heterocycles. The summed E-state index contributed by atoms with van der Waals surface area (Å²) in [5.41, 5.74) is 5.78. The van der Waals surface area contributed by atoms with E-state index in [1.165, 1.54) is 5.57 Å². The van der Waals surface area contributed by atoms with Crippen LogP contribution < -0.4 is 15.4 Å². The van der Waals surface area contributed by atoms with Gasteiger partial charge >= 0.3 is 7.82 Å². The summed E-state index contributed by atoms with van der Waals surface area (Å²) in [6.07, 6.45) is 18.2. The second kappa shape index (κ2) is 33.0. The number of hydrogen-bond donors (Lipinski definition) is 5. The fourth-order valence-electron chi connectivity index (χ4n) is 11.7. The number of rotatable bonds is 37. The Morgan fingerprint density at radius 2 is 1.45 bits per heavy atom. The Kier molecular flexibility index (Phi) is 26.3. The lowest BCUT2D eigenvalue weighted by atomic mass is 9.71. The zero-order valence-corrected chi connectivity index (χ0v) is 52.2. The molecule has 2 unspecified atom stereocenters. The topological polar surface area (TPSA) is 203 Å². The molecule has 0 saturated heterocycles. The molecule has 5 N–H and O–H groups in total. The molecule has 0 bridgehead atoms. The van der Waals surface area contributed by atoms with E-state index in [0.717, 1.165) is 130 Å². The number of carbonyl (C=O) groups excluding carboxylic acids is 4. The van der Waals surface area contributed by atoms with Gasteiger partial charge in [-0.2, -0.15) is 0 Å². The standard InChI is InChI=1S/C67H95N6O10P/c1-9-72(48-53-31-41-71(7)50(3)43-53)40-16-20-64(76)68-36-14-12-33-67(35-17-38-70(6)39-18-42-83-84(79,80)81,34-13-15-37-69-65(77)51(4)55-25-26-57-45-60(82-8)29-27-56(57)44-55)32-11-10-19-58(74)46-61-52(5)73(63-30-28-59(75)47-62(61)63)66(78)54-23-21-49(2)22-24-54/h21-31,41,43-45,47,50-51,75H,9-20,32-40,42,46,48H2,1-8H3,(H,68,76)(H,69,77)(H2,79,80,81)/t50?,51-,67?/m0/s1. The highest BCUT2D eigenvalue weighted by Crippen LogP contribution is 2.42. The van der Waals surface area contributed by atoms with Crippen LogP contribution in [0.25, 0.3) is 21.7 Å². The number of phenols is 1. The predicted molar refractivity (Wildman–Crippen MR) is 337 cm³/mol. The molecule has 0 saturated carbocycles. The molecule has 0 spiro atoms. The fraction of sp³-hybridized carbons (Fsp3) is 0.522. The van der Waals surface area contributed by atoms with Crippen LogP contribution in [0.15, 0.2) is 103 Å². The number of nitrogens with one attached hydrogen (secondary N) is 2. The van der Waals surface area contributed by atoms with Crippen LogP contribution in [0.4, 0.5) is 0 Å². The van der Waals surface area contributed by atoms with E-state index in [-0.39, 0.29) is 53.6 Å². The summed E-state index contributed by atoms with van der Waals surface area (Å²) in [6, 6.07) is 24.7. The highest BCUT2D eigenvalue weighted by molar-refractivity contribution is 7.46. The minimum Gasteiger partial charge on any atom is -0.508 e. The van der Waals surface area contributed by atoms with Crippen LogP contribution in [0.5, 0.6) is 11.5 Å². The van der Waals surface area contributed by atoms with Gasteiger partial charge in [0, 0.05) is 75.2 Å². The van der Waals surface area contributed by atoms with Gasteiger partial charge in [-0.3, -0.25) is 33.2 Å². The lowest BCUT2D eigenvalue weighted by Crippen LogP contribution is -2.31. The Morgan fingerprint density at radius 1 is 0.786 bits per heavy atom. The van der Waals surface area contributed by atoms with E-state index in [1.54, 1.807) is 29.9 Å². The average Bonchev–Trinajstić information content (AvgIpc) is 3.65. The van der Waals surface area contributed by atoms with E-state index < -0.39 is 7.82 Å². The van der Waals surface area contributed by atoms with E-state index in [9.17, 15) is 38.6 Å². The summed E-state index contributed by atoms with van der Waals surface area (Å²) in [5, 5.41) is 19.8. The van der Waals surface area contributed by atoms with E-state index >= 15 is 0 Å². The van der Waals surface area contributed by atoms with Crippen molar-refractivity contribution in [1.82, 2.24) is 29.9 Å². The van der Waals surface area contributed by atoms with Crippen molar-refractivity contribution in [2.24, 2.45) is 5.41 Å². The minimum absolute atomic E-state index is 0.0235. The van der Waals surface area contributed by atoms with Gasteiger partial charge in [0.2, 0.25) is 11.8 Å². The lowest BCUT2D eigenvalue weighted by Gasteiger charge is -2.36. The Balaban J connectivity index is 1.11. The quantitative estimate of drug-likeness (QED) is 0.0186. The molecule has 3 atom stereocenters. The summed E-state index contributed by atoms with van der Waals surface area (Å²) in [5.74, 6) is 0.416. The van der Waals surface area contributed by atoms with Crippen LogP contribution in [0, 0.1) is 19.3 Å². The SMILES string of the molecule is CCN(CCCC(=O)NCCCCC(CCCCNC(=O)[C@@H](C)c1ccc2cc(OC)ccc2c1)(CCCCC(=O)Cc1c(C)n(C(=O)c2ccc(C)cc2)c2ccc(O)cc12)CCCN(C)CCCOP(=O)(O)O)CC1=CC(C)N(C)C=C1. The molecule has 1 aliphatic rings. The molecular formula is C67H95N6O10P. The minimum atomic E-state index is -4.55. The smallest absolute Gasteiger partial charge is 0.469 e. The number of phosphoric ester groups is 1. The number of likely N-dealkylation sites (N-methyl/N-ethyl adjacent to an activating group) is 2. The van der Waals surface area contributed by atoms with Crippen LogP contribution in [-0.2, 0) is 29.9 Å². The highest BCUT2D eigenvalue weighted by atomic mass is 31.2. The summed E-state index contributed by atoms with van der Waals surface area (Å²) >= 11 is 0. The number of phosphoric acid groups is 1. The van der Waals surface area contributed by atoms with Crippen molar-refractivity contribution < 1.29 is 47.9 Å². The molecule has 0 aliphatic carbocycles. The number of nitrogens with zero attached hydrogens (tertiary/aromatic N) is 4. The number of fused-ring (bicyclic) bond motifs is 2. The number of phenolic OH excluding ortho intramolecular Hbond substituents is 1. The first-order valence-electron chi connectivity index (χ1n) is 30.5. The summed E-state index contributed by atoms with van der Waals surface area (Å²) in [4.78, 5) is 80.0. The lowest BCUT2D eigenvalue weighted by molar-refractivity contribution is -0.122. The van der Waals surface area contributed by atoms with Crippen molar-refractivity contribution in [2.45, 2.75) is 149 Å². The van der Waals surface area contributed by atoms with E-state index in [4.69, 9.17) is 9.26 Å². The first-order chi connectivity index (χ1) is 40.2. The van der Waals surface area contributed by atoms with E-state index in [2.05, 4.69) is 70.6 Å². The van der Waals surface area contributed by atoms with Crippen LogP contribution in [0.1, 0.15) is 156 Å². The van der Waals surface area contributed by atoms with E-state index in [0.29, 0.717) is 73.5 Å². The van der Waals surface area contributed by atoms with Crippen molar-refractivity contribution in [1.29, 1.82) is 0 Å². The van der Waals surface area contributed by atoms with Crippen LogP contribution in [0.2, 0.25) is 0 Å². The molecule has 0 radical (unpaired) electrons. The molecule has 1 aromatic heterocycles. The number of carbonyl (C=O) groups is 4. The van der Waals surface area contributed by atoms with Crippen molar-refractivity contribution >= 4 is 53.0 Å². The first kappa shape index (κ1) is 67.0. The molecule has 2 amide bonds. The van der Waals surface area contributed by atoms with E-state index in [1.807, 2.05) is 82.4 Å². The van der Waals surface area contributed by atoms with Crippen molar-refractivity contribution in [3.63, 3.8) is 0 Å². The number of aryl methyl sites for hydroxylation is 1. The molecule has 4 aromatic carbocycles. The fourth-order valence-corrected chi connectivity index (χ4v) is 12.1. The first-order valence-corrected chi connectivity index (χ1v) is 32.0. The monoisotopic (exact) mass is 1170 g/mol. The number of Topliss-reactive ketones (excluding diaryl/α,β-unsaturated/α-hetero) is 1. The molecule has 6 rings (SSSR count). The number of ether oxygens (including phenoxy) is 1. The second-order valence-electron chi connectivity index (χ2n) is 23.5. The normalized spacial score (nSPS) is 14.7. The molecule has 458 valence electrons. The third-order valence-corrected chi connectivity index (χ3v) is 17.5. The van der Waals surface area contributed by atoms with Crippen molar-refractivity contribution in [3.05, 3.63) is 131 Å². The second-order valence-corrected chi connectivity index (χ2v) is 24.7. The van der Waals surface area contributed by atoms with Gasteiger partial charge < -0.3 is 40.1 Å². The van der Waals surface area contributed by atoms with Gasteiger partial charge in [-0.1, -0.05) is 74.2 Å². The Bertz CT molecular complexity index is 3080. The van der Waals surface area contributed by atoms with Gasteiger partial charge in [-0.05, 0) is 206 Å². The number of aromatic nitrogens is 1. The zero-order valence-electron chi connectivity index (χ0n) is 51.3. The number of unbranched alkanes of at least 4 members (excludes halogenated alkanes) is 3. The Labute approximate surface area is 499 Å². The van der Waals surface area contributed by atoms with Crippen molar-refractivity contribution in [3.8, 4) is 11.5 Å². The third-order valence-electron chi connectivity index (χ3n) is 17.0. The van der Waals surface area contributed by atoms with Gasteiger partial charge in [0.15, 0.2) is 0 Å². The number of aromatic hydroxyl groups is 1. The number of amides is 2. The van der Waals surface area contributed by atoms with Gasteiger partial charge in [-0.15, -0.1) is 0 Å². The molecular weight excluding hydrogens is 1080 g/mol. The predicted octanol–water partition coefficient (Wildman–Crippen LogP) is 11.9.